The monoisotopic (exact) mass is 1170 g/mol. The van der Waals surface area contributed by atoms with Gasteiger partial charge < -0.3 is 73.4 Å². The first-order chi connectivity index (χ1) is 37.5. The van der Waals surface area contributed by atoms with Crippen molar-refractivity contribution in [3.8, 4) is 0 Å². The Morgan fingerprint density at radius 2 is 1.46 bits per heavy atom. The second-order valence-corrected chi connectivity index (χ2v) is 24.7. The molecule has 23 nitrogen and oxygen atoms in total. The Kier molecular flexibility index (Phi) is 24.1. The van der Waals surface area contributed by atoms with E-state index in [4.69, 9.17) is 48.0 Å². The molecule has 0 bridgehead atoms. The van der Waals surface area contributed by atoms with E-state index in [1.165, 1.54) is 65.3 Å². The molecule has 5 rings (SSSR count). The van der Waals surface area contributed by atoms with E-state index >= 15 is 0 Å². The fraction of sp³-hybridized carbons (Fsp3) is 0.737. The largest absolute Gasteiger partial charge is 0.466 e. The number of nitrogens with two attached hydrogens (primary N) is 1. The van der Waals surface area contributed by atoms with Crippen molar-refractivity contribution in [1.29, 1.82) is 0 Å². The molecule has 2 aromatic rings. The number of benzene rings is 1. The number of carbonyl (C=O) groups is 5. The van der Waals surface area contributed by atoms with Gasteiger partial charge in [-0.1, -0.05) is 27.7 Å². The highest BCUT2D eigenvalue weighted by atomic mass is 32.2. The molecule has 0 aliphatic carbocycles. The summed E-state index contributed by atoms with van der Waals surface area (Å²) in [6.45, 7) is 22.5. The predicted octanol–water partition coefficient (Wildman–Crippen LogP) is 4.90. The van der Waals surface area contributed by atoms with E-state index in [1.807, 2.05) is 25.9 Å². The Morgan fingerprint density at radius 3 is 1.99 bits per heavy atom. The van der Waals surface area contributed by atoms with Crippen LogP contribution in [0.3, 0.4) is 0 Å². The summed E-state index contributed by atoms with van der Waals surface area (Å²) in [6, 6.07) is 5.19. The number of hydrogen-bond donors (Lipinski definition) is 5. The quantitative estimate of drug-likeness (QED) is 0.0899. The Hall–Kier alpha value is -4.60. The maximum atomic E-state index is 14.3. The van der Waals surface area contributed by atoms with Gasteiger partial charge in [0.05, 0.1) is 84.3 Å². The van der Waals surface area contributed by atoms with Crippen LogP contribution in [-0.2, 0) is 71.9 Å². The second kappa shape index (κ2) is 28.3. The summed E-state index contributed by atoms with van der Waals surface area (Å²) in [4.78, 5) is 67.5. The molecule has 24 heteroatoms. The van der Waals surface area contributed by atoms with E-state index in [1.54, 1.807) is 62.3 Å². The molecule has 1 aromatic carbocycles. The number of likely N-dealkylation sites (N-methyl/N-ethyl adjacent to an activating group) is 1. The number of aliphatic hydroxyl groups excluding tert-OH is 2. The summed E-state index contributed by atoms with van der Waals surface area (Å²) in [5, 5.41) is 46.8. The fourth-order valence-electron chi connectivity index (χ4n) is 11.0. The van der Waals surface area contributed by atoms with Crippen LogP contribution >= 0.6 is 0 Å². The molecule has 3 fully saturated rings. The number of rotatable bonds is 15. The van der Waals surface area contributed by atoms with Crippen molar-refractivity contribution < 1.29 is 95.1 Å². The molecule has 1 aromatic heterocycles. The highest BCUT2D eigenvalue weighted by molar-refractivity contribution is 7.93. The first kappa shape index (κ1) is 68.9. The van der Waals surface area contributed by atoms with Gasteiger partial charge in [-0.2, -0.15) is 4.31 Å². The second-order valence-electron chi connectivity index (χ2n) is 22.9. The van der Waals surface area contributed by atoms with Crippen molar-refractivity contribution in [1.82, 2.24) is 4.90 Å². The fourth-order valence-corrected chi connectivity index (χ4v) is 12.5. The maximum absolute atomic E-state index is 14.3. The molecule has 0 spiro atoms. The Morgan fingerprint density at radius 1 is 0.852 bits per heavy atom. The molecule has 1 amide bonds. The zero-order valence-electron chi connectivity index (χ0n) is 50.2. The highest BCUT2D eigenvalue weighted by Crippen LogP contribution is 2.41. The SMILES string of the molecule is CC(=O)N(c1occ(C)c1C)S(=O)(=O)c1ccc(N)cc1.CCOC(=O)CCC(=O)O[C@H]1[C@H](O[C@@H]2[C@@H](C)[C@H](O[C@H]3C[C@@](C)(OC)[C@@H](O)[C@H](C)O3)[C@@H](C)C(=O)O[C@H](CC)[C@@](C)(O)[C@H](O)[C@@H](C)C(=O)[C@H](C)C[C@@]2(C)O)O[C@H](C)C[C@@H]1N(C)C. The van der Waals surface area contributed by atoms with Crippen LogP contribution in [0.15, 0.2) is 39.8 Å². The highest BCUT2D eigenvalue weighted by Gasteiger charge is 2.54. The first-order valence-corrected chi connectivity index (χ1v) is 29.1. The first-order valence-electron chi connectivity index (χ1n) is 27.7. The lowest BCUT2D eigenvalue weighted by atomic mass is 9.74. The summed E-state index contributed by atoms with van der Waals surface area (Å²) in [7, 11) is 1.05. The molecular weight excluding hydrogens is 1080 g/mol. The van der Waals surface area contributed by atoms with Crippen molar-refractivity contribution in [2.24, 2.45) is 23.7 Å². The number of esters is 3. The zero-order valence-corrected chi connectivity index (χ0v) is 51.0. The van der Waals surface area contributed by atoms with E-state index in [0.717, 1.165) is 5.56 Å². The molecule has 18 atom stereocenters. The van der Waals surface area contributed by atoms with Crippen LogP contribution in [0.1, 0.15) is 133 Å². The van der Waals surface area contributed by atoms with Crippen LogP contribution < -0.4 is 10.0 Å². The van der Waals surface area contributed by atoms with Gasteiger partial charge in [-0.15, -0.1) is 0 Å². The van der Waals surface area contributed by atoms with E-state index in [-0.39, 0.29) is 49.5 Å². The normalized spacial score (nSPS) is 35.4. The molecule has 460 valence electrons. The molecular formula is C57H91N3O20S. The number of furan rings is 1. The van der Waals surface area contributed by atoms with Crippen LogP contribution in [0.25, 0.3) is 0 Å². The van der Waals surface area contributed by atoms with E-state index in [0.29, 0.717) is 22.0 Å². The van der Waals surface area contributed by atoms with Crippen molar-refractivity contribution in [3.05, 3.63) is 41.7 Å². The number of carbonyl (C=O) groups excluding carboxylic acids is 5. The molecule has 4 heterocycles. The smallest absolute Gasteiger partial charge is 0.311 e. The summed E-state index contributed by atoms with van der Waals surface area (Å²) < 4.78 is 80.0. The third-order valence-electron chi connectivity index (χ3n) is 16.1. The van der Waals surface area contributed by atoms with Crippen LogP contribution in [0.2, 0.25) is 0 Å². The van der Waals surface area contributed by atoms with Crippen LogP contribution in [0.5, 0.6) is 0 Å². The van der Waals surface area contributed by atoms with E-state index in [9.17, 15) is 52.8 Å². The maximum Gasteiger partial charge on any atom is 0.311 e. The standard InChI is InChI=1S/C43H75NO16.C14H16N2O4S/c1-15-29-43(11,52)36(48)24(5)33(47)22(3)20-41(9,51)38(25(6)34(26(7)39(50)57-29)59-32-21-42(10,53-14)37(49)27(8)56-32)60-40-35(28(44(12)13)19-23(4)55-40)58-31(46)18-17-30(45)54-16-2;1-9-8-20-14(10(9)2)16(11(3)17)21(18,19)13-6-4-12(15)5-7-13/h22-29,32,34-38,40,48-49,51-52H,15-21H2,1-14H3;4-8H,15H2,1-3H3/t22-,23-,24+,25+,26-,27+,28+,29-,32+,34+,35-,36-,37+,38-,40+,41-,42-,43-;/m1./s1. The number of methoxy groups -OCH3 is 1. The van der Waals surface area contributed by atoms with Gasteiger partial charge >= 0.3 is 17.9 Å². The summed E-state index contributed by atoms with van der Waals surface area (Å²) >= 11 is 0. The van der Waals surface area contributed by atoms with Gasteiger partial charge in [0.2, 0.25) is 11.8 Å². The van der Waals surface area contributed by atoms with Crippen molar-refractivity contribution in [2.75, 3.05) is 37.9 Å². The number of nitrogens with zero attached hydrogens (tertiary/aromatic N) is 2. The van der Waals surface area contributed by atoms with Gasteiger partial charge in [-0.25, -0.2) is 8.42 Å². The predicted molar refractivity (Wildman–Crippen MR) is 295 cm³/mol. The number of aryl methyl sites for hydroxylation is 1. The molecule has 0 unspecified atom stereocenters. The number of cyclic esters (lactones) is 1. The zero-order chi connectivity index (χ0) is 61.4. The molecule has 0 saturated carbocycles. The minimum atomic E-state index is -4.04. The molecule has 6 N–H and O–H groups in total. The number of amides is 1. The van der Waals surface area contributed by atoms with Gasteiger partial charge in [0.25, 0.3) is 10.0 Å². The molecule has 81 heavy (non-hydrogen) atoms. The molecule has 3 saturated heterocycles. The Balaban J connectivity index is 0.000000558. The average Bonchev–Trinajstić information content (AvgIpc) is 3.92. The Labute approximate surface area is 477 Å². The number of ketones is 1. The summed E-state index contributed by atoms with van der Waals surface area (Å²) in [6.07, 6.45) is -9.71. The Bertz CT molecular complexity index is 2550. The number of Topliss-reactive ketones (excluding diaryl/α,β-unsaturated/α-hetero) is 1. The number of aliphatic hydroxyl groups is 4. The van der Waals surface area contributed by atoms with Crippen molar-refractivity contribution in [2.45, 2.75) is 225 Å². The number of sulfonamides is 1. The summed E-state index contributed by atoms with van der Waals surface area (Å²) in [5.41, 5.74) is 2.30. The van der Waals surface area contributed by atoms with Gasteiger partial charge in [0.1, 0.15) is 23.6 Å². The average molecular weight is 1170 g/mol. The third-order valence-corrected chi connectivity index (χ3v) is 17.8. The number of ether oxygens (including phenoxy) is 8. The van der Waals surface area contributed by atoms with Gasteiger partial charge in [-0.05, 0) is 126 Å². The van der Waals surface area contributed by atoms with Crippen molar-refractivity contribution >= 4 is 51.2 Å². The van der Waals surface area contributed by atoms with Gasteiger partial charge in [-0.3, -0.25) is 24.0 Å². The summed E-state index contributed by atoms with van der Waals surface area (Å²) in [5.74, 6) is -7.28. The topological polar surface area (TPSA) is 320 Å². The van der Waals surface area contributed by atoms with Crippen LogP contribution in [0.4, 0.5) is 11.6 Å². The minimum Gasteiger partial charge on any atom is -0.466 e. The number of anilines is 2. The van der Waals surface area contributed by atoms with E-state index < -0.39 is 148 Å². The molecule has 0 radical (unpaired) electrons. The van der Waals surface area contributed by atoms with E-state index in [2.05, 4.69) is 0 Å². The molecule has 3 aliphatic heterocycles. The number of hydrogen-bond acceptors (Lipinski definition) is 22. The third kappa shape index (κ3) is 16.4. The lowest BCUT2D eigenvalue weighted by Crippen LogP contribution is -2.61. The lowest BCUT2D eigenvalue weighted by Gasteiger charge is -2.49. The lowest BCUT2D eigenvalue weighted by molar-refractivity contribution is -0.319. The van der Waals surface area contributed by atoms with Gasteiger partial charge in [0, 0.05) is 49.5 Å². The van der Waals surface area contributed by atoms with Crippen molar-refractivity contribution in [3.63, 3.8) is 0 Å². The number of nitrogen functional groups attached to an aromatic ring is 1. The van der Waals surface area contributed by atoms with Crippen LogP contribution in [0, 0.1) is 37.5 Å². The van der Waals surface area contributed by atoms with Gasteiger partial charge in [0.15, 0.2) is 18.7 Å². The van der Waals surface area contributed by atoms with Crippen LogP contribution in [-0.4, -0.2) is 175 Å². The minimum absolute atomic E-state index is 0.0109. The molecule has 3 aliphatic rings.